The molecule has 2 aliphatic carbocycles. The van der Waals surface area contributed by atoms with Crippen molar-refractivity contribution < 1.29 is 28.0 Å². The number of rotatable bonds is 13. The van der Waals surface area contributed by atoms with E-state index in [1.54, 1.807) is 42.5 Å². The molecule has 2 bridgehead atoms. The molecular weight excluding hydrogens is 560 g/mol. The maximum atomic E-state index is 13.2. The van der Waals surface area contributed by atoms with Crippen molar-refractivity contribution in [2.24, 2.45) is 16.7 Å². The molecule has 0 heterocycles. The molecule has 11 nitrogen and oxygen atoms in total. The Labute approximate surface area is 245 Å². The lowest BCUT2D eigenvalue weighted by Gasteiger charge is -2.36. The first-order valence-corrected chi connectivity index (χ1v) is 15.2. The summed E-state index contributed by atoms with van der Waals surface area (Å²) >= 11 is 0. The number of carbonyl (C=O) groups excluding carboxylic acids is 1. The van der Waals surface area contributed by atoms with Crippen LogP contribution in [0.25, 0.3) is 11.1 Å². The molecule has 0 amide bonds. The number of fused-ring (bicyclic) bond motifs is 2. The zero-order chi connectivity index (χ0) is 30.7. The molecule has 42 heavy (non-hydrogen) atoms. The van der Waals surface area contributed by atoms with Gasteiger partial charge < -0.3 is 15.7 Å². The van der Waals surface area contributed by atoms with Gasteiger partial charge in [0.1, 0.15) is 11.8 Å². The summed E-state index contributed by atoms with van der Waals surface area (Å²) in [5.74, 6) is 0.861. The number of sulfonamides is 1. The number of carboxylic acids is 1. The number of hydrogen-bond acceptors (Lipinski definition) is 8. The lowest BCUT2D eigenvalue weighted by Crippen LogP contribution is -2.49. The summed E-state index contributed by atoms with van der Waals surface area (Å²) in [5.41, 5.74) is 1.32. The minimum atomic E-state index is -4.08. The van der Waals surface area contributed by atoms with Crippen LogP contribution in [0, 0.1) is 39.2 Å². The van der Waals surface area contributed by atoms with Crippen molar-refractivity contribution in [2.75, 3.05) is 17.6 Å². The summed E-state index contributed by atoms with van der Waals surface area (Å²) in [6.07, 6.45) is 7.59. The maximum Gasteiger partial charge on any atom is 0.322 e. The number of nitrogens with zero attached hydrogens (tertiary/aromatic N) is 1. The highest BCUT2D eigenvalue weighted by molar-refractivity contribution is 7.89. The van der Waals surface area contributed by atoms with Crippen LogP contribution < -0.4 is 15.4 Å². The highest BCUT2D eigenvalue weighted by atomic mass is 32.2. The number of terminal acetylenes is 1. The van der Waals surface area contributed by atoms with E-state index in [0.29, 0.717) is 24.1 Å². The van der Waals surface area contributed by atoms with Gasteiger partial charge in [-0.1, -0.05) is 56.2 Å². The normalized spacial score (nSPS) is 21.9. The third kappa shape index (κ3) is 6.48. The fourth-order valence-electron chi connectivity index (χ4n) is 6.25. The molecule has 4 N–H and O–H groups in total. The van der Waals surface area contributed by atoms with Gasteiger partial charge in [0.25, 0.3) is 6.20 Å². The Hall–Kier alpha value is -4.21. The van der Waals surface area contributed by atoms with Gasteiger partial charge >= 0.3 is 5.97 Å². The van der Waals surface area contributed by atoms with Crippen LogP contribution in [0.5, 0.6) is 0 Å². The average Bonchev–Trinajstić information content (AvgIpc) is 3.25. The van der Waals surface area contributed by atoms with Crippen molar-refractivity contribution >= 4 is 27.5 Å². The average molecular weight is 595 g/mol. The summed E-state index contributed by atoms with van der Waals surface area (Å²) < 4.78 is 28.7. The highest BCUT2D eigenvalue weighted by Crippen LogP contribution is 2.64. The topological polar surface area (TPSA) is 168 Å². The minimum Gasteiger partial charge on any atom is -0.480 e. The van der Waals surface area contributed by atoms with E-state index in [1.165, 1.54) is 0 Å². The van der Waals surface area contributed by atoms with Crippen molar-refractivity contribution in [1.82, 2.24) is 10.0 Å². The summed E-state index contributed by atoms with van der Waals surface area (Å²) in [6, 6.07) is 12.7. The van der Waals surface area contributed by atoms with Crippen molar-refractivity contribution in [3.63, 3.8) is 0 Å². The van der Waals surface area contributed by atoms with Gasteiger partial charge in [-0.15, -0.1) is 6.42 Å². The second-order valence-electron chi connectivity index (χ2n) is 11.4. The number of anilines is 1. The van der Waals surface area contributed by atoms with E-state index in [0.717, 1.165) is 23.7 Å². The predicted molar refractivity (Wildman–Crippen MR) is 158 cm³/mol. The SMILES string of the molecule is C#CCN/C(=C\[N+](=O)[O-])Nc1cccc(-c2ccc(C[C@H](NS(=O)(=O)CC34CC[C@@H](CC3=O)C4(C)C)C(=O)O)cc2)c1. The molecule has 2 saturated carbocycles. The Morgan fingerprint density at radius 1 is 1.24 bits per heavy atom. The van der Waals surface area contributed by atoms with E-state index in [2.05, 4.69) is 21.3 Å². The molecule has 0 radical (unpaired) electrons. The molecule has 4 rings (SSSR count). The summed E-state index contributed by atoms with van der Waals surface area (Å²) in [5, 5.41) is 26.4. The summed E-state index contributed by atoms with van der Waals surface area (Å²) in [6.45, 7) is 3.97. The monoisotopic (exact) mass is 594 g/mol. The third-order valence-electron chi connectivity index (χ3n) is 8.68. The van der Waals surface area contributed by atoms with Crippen molar-refractivity contribution in [1.29, 1.82) is 0 Å². The van der Waals surface area contributed by atoms with E-state index in [-0.39, 0.29) is 30.5 Å². The first-order valence-electron chi connectivity index (χ1n) is 13.5. The van der Waals surface area contributed by atoms with Crippen LogP contribution in [0.2, 0.25) is 0 Å². The first-order chi connectivity index (χ1) is 19.8. The fraction of sp³-hybridized carbons (Fsp3) is 0.400. The predicted octanol–water partition coefficient (Wildman–Crippen LogP) is 3.37. The standard InChI is InChI=1S/C30H34N4O7S/c1-4-14-31-27(18-34(38)39)32-24-7-5-6-22(16-24)21-10-8-20(9-11-21)15-25(28(36)37)33-42(40,41)19-30-13-12-23(17-26(30)35)29(30,2)3/h1,5-11,16,18,23,25,31-33H,12-15,17,19H2,2-3H3,(H,36,37)/b27-18+/t23-,25-,30?/m0/s1. The highest BCUT2D eigenvalue weighted by Gasteiger charge is 2.65. The molecule has 0 aromatic heterocycles. The van der Waals surface area contributed by atoms with Crippen molar-refractivity contribution in [2.45, 2.75) is 45.6 Å². The second kappa shape index (κ2) is 12.0. The van der Waals surface area contributed by atoms with Gasteiger partial charge in [-0.05, 0) is 59.4 Å². The number of benzene rings is 2. The van der Waals surface area contributed by atoms with E-state index in [4.69, 9.17) is 6.42 Å². The van der Waals surface area contributed by atoms with Gasteiger partial charge in [-0.25, -0.2) is 13.1 Å². The number of aliphatic carboxylic acids is 1. The van der Waals surface area contributed by atoms with Gasteiger partial charge in [-0.2, -0.15) is 0 Å². The Morgan fingerprint density at radius 2 is 1.95 bits per heavy atom. The summed E-state index contributed by atoms with van der Waals surface area (Å²) in [4.78, 5) is 35.2. The number of ketones is 1. The fourth-order valence-corrected chi connectivity index (χ4v) is 8.27. The quantitative estimate of drug-likeness (QED) is 0.154. The molecule has 2 aliphatic rings. The van der Waals surface area contributed by atoms with Gasteiger partial charge in [0.05, 0.1) is 17.2 Å². The van der Waals surface area contributed by atoms with Crippen LogP contribution in [0.4, 0.5) is 5.69 Å². The number of carbonyl (C=O) groups is 2. The van der Waals surface area contributed by atoms with E-state index >= 15 is 0 Å². The largest absolute Gasteiger partial charge is 0.480 e. The van der Waals surface area contributed by atoms with Crippen molar-refractivity contribution in [3.05, 3.63) is 76.2 Å². The van der Waals surface area contributed by atoms with Crippen LogP contribution in [-0.4, -0.2) is 48.5 Å². The molecule has 2 aromatic rings. The number of Topliss-reactive ketones (excluding diaryl/α,β-unsaturated/α-hetero) is 1. The molecule has 0 aliphatic heterocycles. The van der Waals surface area contributed by atoms with Gasteiger partial charge in [-0.3, -0.25) is 19.7 Å². The van der Waals surface area contributed by atoms with Crippen LogP contribution in [0.15, 0.2) is 60.6 Å². The Balaban J connectivity index is 1.45. The molecule has 0 spiro atoms. The van der Waals surface area contributed by atoms with Gasteiger partial charge in [0.15, 0.2) is 5.82 Å². The molecule has 12 heteroatoms. The molecule has 3 atom stereocenters. The molecule has 2 aromatic carbocycles. The number of carboxylic acid groups (broad SMARTS) is 1. The minimum absolute atomic E-state index is 0.0512. The number of nitrogens with one attached hydrogen (secondary N) is 3. The van der Waals surface area contributed by atoms with Crippen LogP contribution in [0.3, 0.4) is 0 Å². The molecule has 0 saturated heterocycles. The first kappa shape index (κ1) is 30.7. The van der Waals surface area contributed by atoms with Crippen LogP contribution in [-0.2, 0) is 26.0 Å². The van der Waals surface area contributed by atoms with E-state index in [9.17, 15) is 33.2 Å². The Bertz CT molecular complexity index is 1560. The van der Waals surface area contributed by atoms with Crippen molar-refractivity contribution in [3.8, 4) is 23.5 Å². The lowest BCUT2D eigenvalue weighted by molar-refractivity contribution is -0.403. The molecule has 1 unspecified atom stereocenters. The summed E-state index contributed by atoms with van der Waals surface area (Å²) in [7, 11) is -4.08. The van der Waals surface area contributed by atoms with Crippen LogP contribution in [0.1, 0.15) is 38.7 Å². The Kier molecular flexibility index (Phi) is 8.75. The molecule has 2 fully saturated rings. The van der Waals surface area contributed by atoms with E-state index < -0.39 is 43.5 Å². The van der Waals surface area contributed by atoms with Gasteiger partial charge in [0, 0.05) is 17.5 Å². The smallest absolute Gasteiger partial charge is 0.322 e. The number of nitro groups is 1. The Morgan fingerprint density at radius 3 is 2.52 bits per heavy atom. The lowest BCUT2D eigenvalue weighted by atomic mass is 9.70. The zero-order valence-electron chi connectivity index (χ0n) is 23.4. The maximum absolute atomic E-state index is 13.2. The second-order valence-corrected chi connectivity index (χ2v) is 13.2. The van der Waals surface area contributed by atoms with Crippen LogP contribution >= 0.6 is 0 Å². The van der Waals surface area contributed by atoms with E-state index in [1.807, 2.05) is 19.9 Å². The zero-order valence-corrected chi connectivity index (χ0v) is 24.2. The van der Waals surface area contributed by atoms with Gasteiger partial charge in [0.2, 0.25) is 10.0 Å². The number of hydrogen-bond donors (Lipinski definition) is 4. The molecule has 222 valence electrons. The third-order valence-corrected chi connectivity index (χ3v) is 10.2. The molecular formula is C30H34N4O7S.